The molecule has 2 fully saturated rings. The van der Waals surface area contributed by atoms with Crippen molar-refractivity contribution in [2.45, 2.75) is 75.4 Å². The van der Waals surface area contributed by atoms with Crippen LogP contribution in [0.5, 0.6) is 0 Å². The van der Waals surface area contributed by atoms with Crippen LogP contribution < -0.4 is 5.32 Å². The molecule has 2 aromatic rings. The number of amides is 2. The lowest BCUT2D eigenvalue weighted by Crippen LogP contribution is -2.44. The van der Waals surface area contributed by atoms with Crippen molar-refractivity contribution >= 4 is 23.6 Å². The van der Waals surface area contributed by atoms with Gasteiger partial charge in [0.1, 0.15) is 0 Å². The van der Waals surface area contributed by atoms with E-state index in [1.807, 2.05) is 36.2 Å². The minimum absolute atomic E-state index is 0.0293. The molecule has 5 nitrogen and oxygen atoms in total. The second kappa shape index (κ2) is 12.6. The first-order valence-corrected chi connectivity index (χ1v) is 14.0. The number of benzene rings is 2. The lowest BCUT2D eigenvalue weighted by atomic mass is 9.94. The molecule has 4 rings (SSSR count). The average molecular weight is 494 g/mol. The smallest absolute Gasteiger partial charge is 0.252 e. The van der Waals surface area contributed by atoms with E-state index in [1.165, 1.54) is 42.2 Å². The Morgan fingerprint density at radius 3 is 2.49 bits per heavy atom. The fourth-order valence-corrected chi connectivity index (χ4v) is 6.23. The van der Waals surface area contributed by atoms with Crippen molar-refractivity contribution in [2.75, 3.05) is 25.9 Å². The summed E-state index contributed by atoms with van der Waals surface area (Å²) in [7, 11) is 1.93. The molecule has 0 bridgehead atoms. The molecule has 1 heterocycles. The number of rotatable bonds is 8. The number of nitrogens with one attached hydrogen (secondary N) is 1. The molecule has 35 heavy (non-hydrogen) atoms. The number of hydrogen-bond acceptors (Lipinski definition) is 4. The molecule has 2 aromatic carbocycles. The summed E-state index contributed by atoms with van der Waals surface area (Å²) in [5.74, 6) is 0.491. The topological polar surface area (TPSA) is 52.7 Å². The number of aryl methyl sites for hydroxylation is 1. The van der Waals surface area contributed by atoms with Gasteiger partial charge in [-0.25, -0.2) is 0 Å². The largest absolute Gasteiger partial charge is 0.349 e. The third kappa shape index (κ3) is 7.34. The fourth-order valence-electron chi connectivity index (χ4n) is 5.26. The van der Waals surface area contributed by atoms with Crippen molar-refractivity contribution in [3.8, 4) is 0 Å². The molecule has 1 N–H and O–H groups in total. The number of piperidine rings is 1. The van der Waals surface area contributed by atoms with Crippen molar-refractivity contribution in [1.29, 1.82) is 0 Å². The average Bonchev–Trinajstić information content (AvgIpc) is 2.88. The second-order valence-electron chi connectivity index (χ2n) is 10.1. The molecule has 0 atom stereocenters. The van der Waals surface area contributed by atoms with Gasteiger partial charge in [-0.05, 0) is 50.3 Å². The molecule has 6 heteroatoms. The number of nitrogens with zero attached hydrogens (tertiary/aromatic N) is 2. The minimum atomic E-state index is -0.0293. The zero-order chi connectivity index (χ0) is 24.6. The highest BCUT2D eigenvalue weighted by atomic mass is 32.2. The Morgan fingerprint density at radius 2 is 1.74 bits per heavy atom. The van der Waals surface area contributed by atoms with E-state index >= 15 is 0 Å². The van der Waals surface area contributed by atoms with Gasteiger partial charge in [0, 0.05) is 43.7 Å². The Morgan fingerprint density at radius 1 is 1.00 bits per heavy atom. The summed E-state index contributed by atoms with van der Waals surface area (Å²) in [6.07, 6.45) is 7.83. The standard InChI is InChI=1S/C29H39N3O2S/c1-22-9-8-10-23(19-22)20-32-17-15-24(16-18-32)30-29(34)26-13-6-7-14-27(26)35-21-28(33)31(2)25-11-4-3-5-12-25/h6-10,13-14,19,24-25H,3-5,11-12,15-18,20-21H2,1-2H3,(H,30,34). The van der Waals surface area contributed by atoms with Crippen LogP contribution in [0.3, 0.4) is 0 Å². The van der Waals surface area contributed by atoms with Gasteiger partial charge in [-0.1, -0.05) is 61.2 Å². The Hall–Kier alpha value is -2.31. The van der Waals surface area contributed by atoms with Crippen molar-refractivity contribution in [3.05, 3.63) is 65.2 Å². The van der Waals surface area contributed by atoms with Crippen LogP contribution in [0, 0.1) is 6.92 Å². The summed E-state index contributed by atoms with van der Waals surface area (Å²) in [5, 5.41) is 3.26. The van der Waals surface area contributed by atoms with E-state index in [4.69, 9.17) is 0 Å². The number of thioether (sulfide) groups is 1. The third-order valence-electron chi connectivity index (χ3n) is 7.41. The maximum Gasteiger partial charge on any atom is 0.252 e. The summed E-state index contributed by atoms with van der Waals surface area (Å²) in [6.45, 7) is 5.06. The minimum Gasteiger partial charge on any atom is -0.349 e. The molecule has 0 unspecified atom stereocenters. The zero-order valence-corrected chi connectivity index (χ0v) is 22.0. The normalized spacial score (nSPS) is 17.8. The van der Waals surface area contributed by atoms with Gasteiger partial charge in [-0.2, -0.15) is 0 Å². The van der Waals surface area contributed by atoms with Gasteiger partial charge in [0.25, 0.3) is 5.91 Å². The number of carbonyl (C=O) groups excluding carboxylic acids is 2. The molecular weight excluding hydrogens is 454 g/mol. The van der Waals surface area contributed by atoms with Gasteiger partial charge >= 0.3 is 0 Å². The highest BCUT2D eigenvalue weighted by Gasteiger charge is 2.24. The van der Waals surface area contributed by atoms with Crippen LogP contribution in [0.1, 0.15) is 66.4 Å². The summed E-state index contributed by atoms with van der Waals surface area (Å²) < 4.78 is 0. The van der Waals surface area contributed by atoms with Crippen LogP contribution in [0.25, 0.3) is 0 Å². The van der Waals surface area contributed by atoms with Crippen molar-refractivity contribution in [3.63, 3.8) is 0 Å². The van der Waals surface area contributed by atoms with E-state index in [2.05, 4.69) is 41.4 Å². The van der Waals surface area contributed by atoms with Gasteiger partial charge in [-0.3, -0.25) is 14.5 Å². The molecule has 0 radical (unpaired) electrons. The van der Waals surface area contributed by atoms with Gasteiger partial charge in [0.05, 0.1) is 11.3 Å². The Balaban J connectivity index is 1.26. The van der Waals surface area contributed by atoms with Crippen molar-refractivity contribution < 1.29 is 9.59 Å². The number of hydrogen-bond donors (Lipinski definition) is 1. The number of likely N-dealkylation sites (tertiary alicyclic amines) is 1. The third-order valence-corrected chi connectivity index (χ3v) is 8.47. The van der Waals surface area contributed by atoms with Gasteiger partial charge in [-0.15, -0.1) is 11.8 Å². The molecule has 0 spiro atoms. The van der Waals surface area contributed by atoms with Gasteiger partial charge in [0.15, 0.2) is 0 Å². The number of carbonyl (C=O) groups is 2. The highest BCUT2D eigenvalue weighted by Crippen LogP contribution is 2.26. The van der Waals surface area contributed by atoms with E-state index in [9.17, 15) is 9.59 Å². The van der Waals surface area contributed by atoms with Gasteiger partial charge in [0.2, 0.25) is 5.91 Å². The van der Waals surface area contributed by atoms with E-state index in [1.54, 1.807) is 0 Å². The Kier molecular flexibility index (Phi) is 9.27. The molecule has 2 aliphatic rings. The molecule has 1 aliphatic heterocycles. The molecule has 1 aliphatic carbocycles. The van der Waals surface area contributed by atoms with Crippen molar-refractivity contribution in [1.82, 2.24) is 15.1 Å². The van der Waals surface area contributed by atoms with Crippen LogP contribution in [0.4, 0.5) is 0 Å². The first-order valence-electron chi connectivity index (χ1n) is 13.1. The van der Waals surface area contributed by atoms with E-state index in [0.717, 1.165) is 50.2 Å². The van der Waals surface area contributed by atoms with E-state index in [-0.39, 0.29) is 17.9 Å². The molecule has 2 amide bonds. The van der Waals surface area contributed by atoms with Crippen LogP contribution in [-0.2, 0) is 11.3 Å². The lowest BCUT2D eigenvalue weighted by Gasteiger charge is -2.32. The maximum absolute atomic E-state index is 13.1. The second-order valence-corrected chi connectivity index (χ2v) is 11.1. The SMILES string of the molecule is Cc1cccc(CN2CCC(NC(=O)c3ccccc3SCC(=O)N(C)C3CCCCC3)CC2)c1. The molecule has 188 valence electrons. The first kappa shape index (κ1) is 25.8. The molecular formula is C29H39N3O2S. The Labute approximate surface area is 214 Å². The quantitative estimate of drug-likeness (QED) is 0.509. The van der Waals surface area contributed by atoms with E-state index < -0.39 is 0 Å². The molecule has 0 aromatic heterocycles. The predicted octanol–water partition coefficient (Wildman–Crippen LogP) is 5.27. The van der Waals surface area contributed by atoms with E-state index in [0.29, 0.717) is 17.4 Å². The van der Waals surface area contributed by atoms with Crippen molar-refractivity contribution in [2.24, 2.45) is 0 Å². The summed E-state index contributed by atoms with van der Waals surface area (Å²) in [6, 6.07) is 16.9. The first-order chi connectivity index (χ1) is 17.0. The summed E-state index contributed by atoms with van der Waals surface area (Å²) in [4.78, 5) is 31.2. The summed E-state index contributed by atoms with van der Waals surface area (Å²) >= 11 is 1.48. The molecule has 1 saturated heterocycles. The van der Waals surface area contributed by atoms with Crippen LogP contribution in [0.2, 0.25) is 0 Å². The Bertz CT molecular complexity index is 997. The highest BCUT2D eigenvalue weighted by molar-refractivity contribution is 8.00. The molecule has 1 saturated carbocycles. The van der Waals surface area contributed by atoms with Crippen LogP contribution >= 0.6 is 11.8 Å². The van der Waals surface area contributed by atoms with Crippen LogP contribution in [0.15, 0.2) is 53.4 Å². The zero-order valence-electron chi connectivity index (χ0n) is 21.2. The predicted molar refractivity (Wildman–Crippen MR) is 144 cm³/mol. The van der Waals surface area contributed by atoms with Crippen LogP contribution in [-0.4, -0.2) is 59.6 Å². The fraction of sp³-hybridized carbons (Fsp3) is 0.517. The van der Waals surface area contributed by atoms with Gasteiger partial charge < -0.3 is 10.2 Å². The summed E-state index contributed by atoms with van der Waals surface area (Å²) in [5.41, 5.74) is 3.32. The maximum atomic E-state index is 13.1. The monoisotopic (exact) mass is 493 g/mol. The lowest BCUT2D eigenvalue weighted by molar-refractivity contribution is -0.129.